The minimum Gasteiger partial charge on any atom is -0.292 e. The molecule has 1 aliphatic rings. The molecule has 1 aromatic heterocycles. The average molecular weight is 344 g/mol. The summed E-state index contributed by atoms with van der Waals surface area (Å²) in [6, 6.07) is 1.56. The van der Waals surface area contributed by atoms with Gasteiger partial charge in [-0.15, -0.1) is 0 Å². The van der Waals surface area contributed by atoms with Crippen molar-refractivity contribution in [2.45, 2.75) is 30.2 Å². The molecule has 1 unspecified atom stereocenters. The van der Waals surface area contributed by atoms with Gasteiger partial charge in [0.25, 0.3) is 0 Å². The van der Waals surface area contributed by atoms with Gasteiger partial charge in [-0.1, -0.05) is 6.42 Å². The first-order chi connectivity index (χ1) is 10.9. The van der Waals surface area contributed by atoms with Crippen LogP contribution in [-0.4, -0.2) is 34.4 Å². The molecule has 2 heterocycles. The van der Waals surface area contributed by atoms with Crippen LogP contribution in [0.15, 0.2) is 27.9 Å². The van der Waals surface area contributed by atoms with E-state index in [1.807, 2.05) is 0 Å². The van der Waals surface area contributed by atoms with Crippen LogP contribution in [0.2, 0.25) is 0 Å². The van der Waals surface area contributed by atoms with Crippen molar-refractivity contribution in [1.29, 1.82) is 0 Å². The van der Waals surface area contributed by atoms with E-state index in [2.05, 4.69) is 15.2 Å². The number of hydrogen-bond acceptors (Lipinski definition) is 4. The van der Waals surface area contributed by atoms with Gasteiger partial charge in [0.15, 0.2) is 0 Å². The fourth-order valence-electron chi connectivity index (χ4n) is 2.71. The molecule has 0 bridgehead atoms. The molecule has 23 heavy (non-hydrogen) atoms. The molecule has 124 valence electrons. The number of benzene rings is 1. The van der Waals surface area contributed by atoms with Gasteiger partial charge in [0.05, 0.1) is 6.04 Å². The number of H-pyrrole nitrogens is 2. The minimum atomic E-state index is -4.26. The van der Waals surface area contributed by atoms with Crippen LogP contribution in [0.5, 0.6) is 0 Å². The van der Waals surface area contributed by atoms with Crippen LogP contribution < -0.4 is 5.69 Å². The maximum absolute atomic E-state index is 13.9. The van der Waals surface area contributed by atoms with E-state index in [1.165, 1.54) is 0 Å². The summed E-state index contributed by atoms with van der Waals surface area (Å²) < 4.78 is 53.8. The highest BCUT2D eigenvalue weighted by molar-refractivity contribution is 7.89. The summed E-state index contributed by atoms with van der Waals surface area (Å²) in [7, 11) is -4.26. The van der Waals surface area contributed by atoms with Crippen molar-refractivity contribution in [3.8, 4) is 0 Å². The molecular weight excluding hydrogens is 330 g/mol. The van der Waals surface area contributed by atoms with Gasteiger partial charge in [-0.05, 0) is 31.0 Å². The second-order valence-corrected chi connectivity index (χ2v) is 7.12. The predicted molar refractivity (Wildman–Crippen MR) is 76.1 cm³/mol. The first kappa shape index (κ1) is 15.8. The molecule has 1 fully saturated rings. The molecule has 0 radical (unpaired) electrons. The van der Waals surface area contributed by atoms with E-state index in [9.17, 15) is 22.0 Å². The molecule has 0 saturated carbocycles. The number of nitrogens with one attached hydrogen (secondary N) is 2. The van der Waals surface area contributed by atoms with E-state index >= 15 is 0 Å². The summed E-state index contributed by atoms with van der Waals surface area (Å²) in [5, 5.41) is 5.95. The molecule has 1 atom stereocenters. The third-order valence-electron chi connectivity index (χ3n) is 3.77. The summed E-state index contributed by atoms with van der Waals surface area (Å²) in [6.45, 7) is 0.137. The van der Waals surface area contributed by atoms with Gasteiger partial charge in [-0.2, -0.15) is 9.40 Å². The Bertz CT molecular complexity index is 877. The third kappa shape index (κ3) is 2.91. The highest BCUT2D eigenvalue weighted by atomic mass is 32.2. The van der Waals surface area contributed by atoms with Crippen LogP contribution in [-0.2, 0) is 10.0 Å². The monoisotopic (exact) mass is 344 g/mol. The summed E-state index contributed by atoms with van der Waals surface area (Å²) >= 11 is 0. The fraction of sp³-hybridized carbons (Fsp3) is 0.385. The van der Waals surface area contributed by atoms with Crippen molar-refractivity contribution in [2.75, 3.05) is 6.54 Å². The van der Waals surface area contributed by atoms with Crippen molar-refractivity contribution >= 4 is 10.0 Å². The van der Waals surface area contributed by atoms with Crippen LogP contribution in [0.1, 0.15) is 31.1 Å². The molecule has 0 aliphatic carbocycles. The SMILES string of the molecule is O=c1[nH]nc(C2CCCCN2S(=O)(=O)c2cc(F)ccc2F)[nH]1. The number of aromatic amines is 2. The van der Waals surface area contributed by atoms with Crippen LogP contribution in [0.3, 0.4) is 0 Å². The van der Waals surface area contributed by atoms with Crippen molar-refractivity contribution in [3.63, 3.8) is 0 Å². The van der Waals surface area contributed by atoms with E-state index in [-0.39, 0.29) is 12.4 Å². The van der Waals surface area contributed by atoms with E-state index in [1.54, 1.807) is 0 Å². The summed E-state index contributed by atoms with van der Waals surface area (Å²) in [4.78, 5) is 12.9. The number of aromatic nitrogens is 3. The predicted octanol–water partition coefficient (Wildman–Crippen LogP) is 1.29. The van der Waals surface area contributed by atoms with Gasteiger partial charge in [-0.25, -0.2) is 27.1 Å². The first-order valence-electron chi connectivity index (χ1n) is 7.01. The number of rotatable bonds is 3. The molecular formula is C13H14F2N4O3S. The van der Waals surface area contributed by atoms with Gasteiger partial charge < -0.3 is 0 Å². The Balaban J connectivity index is 2.05. The van der Waals surface area contributed by atoms with Crippen molar-refractivity contribution in [2.24, 2.45) is 0 Å². The maximum Gasteiger partial charge on any atom is 0.340 e. The van der Waals surface area contributed by atoms with E-state index in [4.69, 9.17) is 0 Å². The standard InChI is InChI=1S/C13H14F2N4O3S/c14-8-4-5-9(15)11(7-8)23(21,22)19-6-2-1-3-10(19)12-16-13(20)18-17-12/h4-5,7,10H,1-3,6H2,(H2,16,17,18,20). The number of halogens is 2. The van der Waals surface area contributed by atoms with Crippen molar-refractivity contribution in [1.82, 2.24) is 19.5 Å². The smallest absolute Gasteiger partial charge is 0.292 e. The molecule has 2 N–H and O–H groups in total. The van der Waals surface area contributed by atoms with Crippen LogP contribution in [0.25, 0.3) is 0 Å². The van der Waals surface area contributed by atoms with Crippen molar-refractivity contribution in [3.05, 3.63) is 46.1 Å². The van der Waals surface area contributed by atoms with Gasteiger partial charge in [-0.3, -0.25) is 4.98 Å². The van der Waals surface area contributed by atoms with Crippen molar-refractivity contribution < 1.29 is 17.2 Å². The quantitative estimate of drug-likeness (QED) is 0.876. The van der Waals surface area contributed by atoms with E-state index < -0.39 is 38.3 Å². The Kier molecular flexibility index (Phi) is 4.02. The zero-order chi connectivity index (χ0) is 16.6. The highest BCUT2D eigenvalue weighted by Gasteiger charge is 2.37. The average Bonchev–Trinajstić information content (AvgIpc) is 2.96. The number of sulfonamides is 1. The lowest BCUT2D eigenvalue weighted by atomic mass is 10.0. The summed E-state index contributed by atoms with van der Waals surface area (Å²) in [6.07, 6.45) is 1.75. The molecule has 2 aromatic rings. The molecule has 0 amide bonds. The Morgan fingerprint density at radius 2 is 2.04 bits per heavy atom. The third-order valence-corrected chi connectivity index (χ3v) is 5.69. The molecule has 0 spiro atoms. The topological polar surface area (TPSA) is 98.9 Å². The number of hydrogen-bond donors (Lipinski definition) is 2. The van der Waals surface area contributed by atoms with Gasteiger partial charge in [0.1, 0.15) is 22.4 Å². The lowest BCUT2D eigenvalue weighted by Crippen LogP contribution is -2.39. The first-order valence-corrected chi connectivity index (χ1v) is 8.45. The number of nitrogens with zero attached hydrogens (tertiary/aromatic N) is 2. The van der Waals surface area contributed by atoms with Gasteiger partial charge in [0, 0.05) is 6.54 Å². The fourth-order valence-corrected chi connectivity index (χ4v) is 4.45. The van der Waals surface area contributed by atoms with Crippen LogP contribution in [0.4, 0.5) is 8.78 Å². The zero-order valence-electron chi connectivity index (χ0n) is 11.9. The minimum absolute atomic E-state index is 0.137. The van der Waals surface area contributed by atoms with Gasteiger partial charge >= 0.3 is 5.69 Å². The van der Waals surface area contributed by atoms with E-state index in [0.717, 1.165) is 22.9 Å². The molecule has 3 rings (SSSR count). The van der Waals surface area contributed by atoms with Crippen LogP contribution in [0, 0.1) is 11.6 Å². The molecule has 1 aliphatic heterocycles. The normalized spacial score (nSPS) is 19.8. The second kappa shape index (κ2) is 5.85. The largest absolute Gasteiger partial charge is 0.340 e. The highest BCUT2D eigenvalue weighted by Crippen LogP contribution is 2.34. The zero-order valence-corrected chi connectivity index (χ0v) is 12.7. The summed E-state index contributed by atoms with van der Waals surface area (Å²) in [5.41, 5.74) is -0.556. The Labute approximate surface area is 130 Å². The van der Waals surface area contributed by atoms with E-state index in [0.29, 0.717) is 18.9 Å². The Morgan fingerprint density at radius 1 is 1.26 bits per heavy atom. The Morgan fingerprint density at radius 3 is 2.74 bits per heavy atom. The maximum atomic E-state index is 13.9. The number of piperidine rings is 1. The molecule has 10 heteroatoms. The molecule has 1 saturated heterocycles. The summed E-state index contributed by atoms with van der Waals surface area (Å²) in [5.74, 6) is -1.70. The van der Waals surface area contributed by atoms with Crippen LogP contribution >= 0.6 is 0 Å². The molecule has 1 aromatic carbocycles. The molecule has 7 nitrogen and oxygen atoms in total. The lowest BCUT2D eigenvalue weighted by Gasteiger charge is -2.33. The van der Waals surface area contributed by atoms with Gasteiger partial charge in [0.2, 0.25) is 10.0 Å². The second-order valence-electron chi connectivity index (χ2n) is 5.27. The Hall–Kier alpha value is -2.07. The lowest BCUT2D eigenvalue weighted by molar-refractivity contribution is 0.246.